The predicted molar refractivity (Wildman–Crippen MR) is 55.5 cm³/mol. The molecule has 0 spiro atoms. The van der Waals surface area contributed by atoms with E-state index in [-0.39, 0.29) is 17.1 Å². The zero-order valence-corrected chi connectivity index (χ0v) is 8.56. The van der Waals surface area contributed by atoms with Crippen LogP contribution in [0.3, 0.4) is 0 Å². The Bertz CT molecular complexity index is 346. The molecular formula is C11H14O4. The van der Waals surface area contributed by atoms with Crippen LogP contribution in [-0.4, -0.2) is 22.8 Å². The first-order valence-corrected chi connectivity index (χ1v) is 4.84. The van der Waals surface area contributed by atoms with Crippen LogP contribution in [0, 0.1) is 0 Å². The second-order valence-corrected chi connectivity index (χ2v) is 3.19. The number of carbonyl (C=O) groups is 1. The van der Waals surface area contributed by atoms with E-state index in [1.165, 1.54) is 18.2 Å². The zero-order valence-electron chi connectivity index (χ0n) is 8.56. The van der Waals surface area contributed by atoms with Gasteiger partial charge in [0.15, 0.2) is 0 Å². The summed E-state index contributed by atoms with van der Waals surface area (Å²) in [5, 5.41) is 18.1. The third-order valence-corrected chi connectivity index (χ3v) is 1.95. The minimum Gasteiger partial charge on any atom is -0.508 e. The van der Waals surface area contributed by atoms with E-state index in [1.807, 2.05) is 6.92 Å². The van der Waals surface area contributed by atoms with Crippen LogP contribution in [0.4, 0.5) is 0 Å². The van der Waals surface area contributed by atoms with Gasteiger partial charge in [-0.05, 0) is 18.6 Å². The van der Waals surface area contributed by atoms with Gasteiger partial charge < -0.3 is 14.9 Å². The van der Waals surface area contributed by atoms with Crippen LogP contribution in [0.25, 0.3) is 0 Å². The van der Waals surface area contributed by atoms with Crippen LogP contribution in [0.1, 0.15) is 30.1 Å². The van der Waals surface area contributed by atoms with Crippen molar-refractivity contribution in [2.75, 3.05) is 6.61 Å². The third-order valence-electron chi connectivity index (χ3n) is 1.95. The largest absolute Gasteiger partial charge is 0.508 e. The Balaban J connectivity index is 2.82. The summed E-state index contributed by atoms with van der Waals surface area (Å²) < 4.78 is 5.28. The molecule has 1 aromatic rings. The average molecular weight is 210 g/mol. The molecule has 0 radical (unpaired) electrons. The Morgan fingerprint density at radius 1 is 1.47 bits per heavy atom. The maximum absolute atomic E-state index is 10.8. The number of benzene rings is 1. The number of unbranched alkanes of at least 4 members (excludes halogenated alkanes) is 1. The molecule has 0 fully saturated rings. The van der Waals surface area contributed by atoms with Gasteiger partial charge in [0.1, 0.15) is 17.1 Å². The Morgan fingerprint density at radius 2 is 2.20 bits per heavy atom. The van der Waals surface area contributed by atoms with Crippen LogP contribution >= 0.6 is 0 Å². The molecule has 0 aliphatic carbocycles. The van der Waals surface area contributed by atoms with E-state index in [1.54, 1.807) is 0 Å². The van der Waals surface area contributed by atoms with Gasteiger partial charge in [-0.25, -0.2) is 4.79 Å². The van der Waals surface area contributed by atoms with Crippen molar-refractivity contribution >= 4 is 5.97 Å². The van der Waals surface area contributed by atoms with Crippen molar-refractivity contribution in [3.05, 3.63) is 23.8 Å². The van der Waals surface area contributed by atoms with E-state index >= 15 is 0 Å². The van der Waals surface area contributed by atoms with E-state index in [0.717, 1.165) is 12.8 Å². The van der Waals surface area contributed by atoms with Crippen LogP contribution in [0.5, 0.6) is 11.5 Å². The molecule has 0 saturated heterocycles. The first-order chi connectivity index (χ1) is 7.15. The maximum atomic E-state index is 10.8. The van der Waals surface area contributed by atoms with E-state index in [0.29, 0.717) is 6.61 Å². The van der Waals surface area contributed by atoms with E-state index in [9.17, 15) is 9.90 Å². The molecule has 0 saturated carbocycles. The quantitative estimate of drug-likeness (QED) is 0.731. The lowest BCUT2D eigenvalue weighted by atomic mass is 10.2. The summed E-state index contributed by atoms with van der Waals surface area (Å²) in [5.41, 5.74) is 0.0731. The summed E-state index contributed by atoms with van der Waals surface area (Å²) in [5.74, 6) is -0.830. The number of rotatable bonds is 5. The molecule has 0 bridgehead atoms. The van der Waals surface area contributed by atoms with Crippen molar-refractivity contribution in [1.82, 2.24) is 0 Å². The standard InChI is InChI=1S/C11H14O4/c1-2-3-6-15-10-7-8(12)4-5-9(10)11(13)14/h4-5,7,12H,2-3,6H2,1H3,(H,13,14). The predicted octanol–water partition coefficient (Wildman–Crippen LogP) is 2.27. The van der Waals surface area contributed by atoms with Crippen molar-refractivity contribution in [3.63, 3.8) is 0 Å². The summed E-state index contributed by atoms with van der Waals surface area (Å²) >= 11 is 0. The molecule has 4 heteroatoms. The lowest BCUT2D eigenvalue weighted by Crippen LogP contribution is -2.04. The molecule has 0 aliphatic heterocycles. The van der Waals surface area contributed by atoms with Gasteiger partial charge in [0.05, 0.1) is 6.61 Å². The summed E-state index contributed by atoms with van der Waals surface area (Å²) in [6.45, 7) is 2.48. The highest BCUT2D eigenvalue weighted by Crippen LogP contribution is 2.24. The SMILES string of the molecule is CCCCOc1cc(O)ccc1C(=O)O. The van der Waals surface area contributed by atoms with Crippen molar-refractivity contribution in [1.29, 1.82) is 0 Å². The monoisotopic (exact) mass is 210 g/mol. The number of phenols is 1. The van der Waals surface area contributed by atoms with Crippen LogP contribution < -0.4 is 4.74 Å². The molecule has 1 rings (SSSR count). The van der Waals surface area contributed by atoms with E-state index < -0.39 is 5.97 Å². The molecule has 0 aliphatic rings. The van der Waals surface area contributed by atoms with Crippen molar-refractivity contribution in [2.24, 2.45) is 0 Å². The smallest absolute Gasteiger partial charge is 0.339 e. The molecule has 0 heterocycles. The molecule has 2 N–H and O–H groups in total. The van der Waals surface area contributed by atoms with E-state index in [2.05, 4.69) is 0 Å². The van der Waals surface area contributed by atoms with Crippen molar-refractivity contribution < 1.29 is 19.7 Å². The number of hydrogen-bond donors (Lipinski definition) is 2. The maximum Gasteiger partial charge on any atom is 0.339 e. The molecule has 0 amide bonds. The Labute approximate surface area is 88.1 Å². The summed E-state index contributed by atoms with van der Waals surface area (Å²) in [6, 6.07) is 3.98. The van der Waals surface area contributed by atoms with Crippen LogP contribution in [0.15, 0.2) is 18.2 Å². The highest BCUT2D eigenvalue weighted by molar-refractivity contribution is 5.91. The summed E-state index contributed by atoms with van der Waals surface area (Å²) in [4.78, 5) is 10.8. The van der Waals surface area contributed by atoms with Gasteiger partial charge in [-0.15, -0.1) is 0 Å². The summed E-state index contributed by atoms with van der Waals surface area (Å²) in [6.07, 6.45) is 1.83. The fourth-order valence-corrected chi connectivity index (χ4v) is 1.13. The van der Waals surface area contributed by atoms with Gasteiger partial charge >= 0.3 is 5.97 Å². The molecular weight excluding hydrogens is 196 g/mol. The van der Waals surface area contributed by atoms with Crippen LogP contribution in [-0.2, 0) is 0 Å². The fraction of sp³-hybridized carbons (Fsp3) is 0.364. The number of hydrogen-bond acceptors (Lipinski definition) is 3. The number of aromatic carboxylic acids is 1. The molecule has 0 aromatic heterocycles. The number of carboxylic acid groups (broad SMARTS) is 1. The number of ether oxygens (including phenoxy) is 1. The number of aromatic hydroxyl groups is 1. The molecule has 15 heavy (non-hydrogen) atoms. The Hall–Kier alpha value is -1.71. The molecule has 0 unspecified atom stereocenters. The number of carboxylic acids is 1. The van der Waals surface area contributed by atoms with Gasteiger partial charge in [0.2, 0.25) is 0 Å². The third kappa shape index (κ3) is 3.16. The van der Waals surface area contributed by atoms with Gasteiger partial charge in [0.25, 0.3) is 0 Å². The molecule has 82 valence electrons. The van der Waals surface area contributed by atoms with Gasteiger partial charge in [0, 0.05) is 6.07 Å². The molecule has 0 atom stereocenters. The lowest BCUT2D eigenvalue weighted by Gasteiger charge is -2.08. The van der Waals surface area contributed by atoms with E-state index in [4.69, 9.17) is 9.84 Å². The van der Waals surface area contributed by atoms with Gasteiger partial charge in [-0.1, -0.05) is 13.3 Å². The molecule has 1 aromatic carbocycles. The Kier molecular flexibility index (Phi) is 3.97. The second kappa shape index (κ2) is 5.24. The van der Waals surface area contributed by atoms with Crippen molar-refractivity contribution in [2.45, 2.75) is 19.8 Å². The lowest BCUT2D eigenvalue weighted by molar-refractivity contribution is 0.0692. The highest BCUT2D eigenvalue weighted by Gasteiger charge is 2.11. The van der Waals surface area contributed by atoms with Crippen molar-refractivity contribution in [3.8, 4) is 11.5 Å². The Morgan fingerprint density at radius 3 is 2.80 bits per heavy atom. The fourth-order valence-electron chi connectivity index (χ4n) is 1.13. The minimum atomic E-state index is -1.05. The molecule has 4 nitrogen and oxygen atoms in total. The summed E-state index contributed by atoms with van der Waals surface area (Å²) in [7, 11) is 0. The minimum absolute atomic E-state index is 0.00602. The first-order valence-electron chi connectivity index (χ1n) is 4.84. The van der Waals surface area contributed by atoms with Gasteiger partial charge in [-0.3, -0.25) is 0 Å². The number of phenolic OH excluding ortho intramolecular Hbond substituents is 1. The average Bonchev–Trinajstić information content (AvgIpc) is 2.18. The first kappa shape index (κ1) is 11.4. The van der Waals surface area contributed by atoms with Gasteiger partial charge in [-0.2, -0.15) is 0 Å². The highest BCUT2D eigenvalue weighted by atomic mass is 16.5. The van der Waals surface area contributed by atoms with Crippen LogP contribution in [0.2, 0.25) is 0 Å². The topological polar surface area (TPSA) is 66.8 Å². The second-order valence-electron chi connectivity index (χ2n) is 3.19. The normalized spacial score (nSPS) is 9.93. The zero-order chi connectivity index (χ0) is 11.3.